The summed E-state index contributed by atoms with van der Waals surface area (Å²) in [6.45, 7) is 3.99. The van der Waals surface area contributed by atoms with Crippen LogP contribution in [0.15, 0.2) is 76.8 Å². The molecule has 0 aliphatic carbocycles. The lowest BCUT2D eigenvalue weighted by molar-refractivity contribution is -0.132. The summed E-state index contributed by atoms with van der Waals surface area (Å²) in [6.07, 6.45) is 0. The first kappa shape index (κ1) is 21.6. The smallest absolute Gasteiger partial charge is 0.301 e. The van der Waals surface area contributed by atoms with Crippen LogP contribution in [0.4, 0.5) is 5.13 Å². The number of carbonyl (C=O) groups is 2. The average Bonchev–Trinajstić information content (AvgIpc) is 3.33. The van der Waals surface area contributed by atoms with Crippen LogP contribution in [0.1, 0.15) is 28.3 Å². The van der Waals surface area contributed by atoms with Crippen molar-refractivity contribution in [3.8, 4) is 0 Å². The molecule has 5 nitrogen and oxygen atoms in total. The minimum absolute atomic E-state index is 0.0562. The summed E-state index contributed by atoms with van der Waals surface area (Å²) in [5, 5.41) is 11.6. The first-order chi connectivity index (χ1) is 15.8. The van der Waals surface area contributed by atoms with Crippen LogP contribution >= 0.6 is 27.3 Å². The van der Waals surface area contributed by atoms with Crippen molar-refractivity contribution in [3.63, 3.8) is 0 Å². The number of amides is 1. The van der Waals surface area contributed by atoms with Gasteiger partial charge in [-0.1, -0.05) is 75.8 Å². The highest BCUT2D eigenvalue weighted by molar-refractivity contribution is 9.10. The van der Waals surface area contributed by atoms with Gasteiger partial charge in [-0.2, -0.15) is 0 Å². The third-order valence-corrected chi connectivity index (χ3v) is 7.23. The van der Waals surface area contributed by atoms with Crippen LogP contribution in [-0.2, 0) is 9.59 Å². The highest BCUT2D eigenvalue weighted by Gasteiger charge is 2.48. The van der Waals surface area contributed by atoms with Crippen LogP contribution in [0, 0.1) is 13.8 Å². The Kier molecular flexibility index (Phi) is 5.38. The fourth-order valence-corrected chi connectivity index (χ4v) is 5.64. The van der Waals surface area contributed by atoms with Gasteiger partial charge in [0.25, 0.3) is 5.78 Å². The Hall–Kier alpha value is -3.29. The highest BCUT2D eigenvalue weighted by Crippen LogP contribution is 2.44. The van der Waals surface area contributed by atoms with Gasteiger partial charge in [0.05, 0.1) is 21.8 Å². The van der Waals surface area contributed by atoms with Crippen LogP contribution in [0.3, 0.4) is 0 Å². The normalized spacial score (nSPS) is 17.8. The maximum atomic E-state index is 13.3. The lowest BCUT2D eigenvalue weighted by atomic mass is 9.95. The molecular weight excluding hydrogens is 500 g/mol. The first-order valence-corrected chi connectivity index (χ1v) is 12.0. The molecule has 1 atom stereocenters. The molecule has 0 bridgehead atoms. The van der Waals surface area contributed by atoms with Crippen molar-refractivity contribution in [2.45, 2.75) is 19.9 Å². The minimum Gasteiger partial charge on any atom is -0.507 e. The number of halogens is 1. The van der Waals surface area contributed by atoms with Gasteiger partial charge in [-0.05, 0) is 48.7 Å². The molecule has 5 rings (SSSR count). The number of anilines is 1. The van der Waals surface area contributed by atoms with E-state index < -0.39 is 17.7 Å². The summed E-state index contributed by atoms with van der Waals surface area (Å²) >= 11 is 4.81. The molecule has 1 saturated heterocycles. The zero-order valence-electron chi connectivity index (χ0n) is 17.9. The van der Waals surface area contributed by atoms with E-state index in [0.29, 0.717) is 16.3 Å². The Labute approximate surface area is 203 Å². The number of aromatic nitrogens is 1. The molecule has 1 amide bonds. The molecule has 0 radical (unpaired) electrons. The largest absolute Gasteiger partial charge is 0.507 e. The number of benzene rings is 3. The number of aliphatic hydroxyl groups is 1. The van der Waals surface area contributed by atoms with Gasteiger partial charge in [0, 0.05) is 10.0 Å². The fourth-order valence-electron chi connectivity index (χ4n) is 4.20. The third-order valence-electron chi connectivity index (χ3n) is 5.70. The predicted molar refractivity (Wildman–Crippen MR) is 134 cm³/mol. The molecule has 1 aromatic heterocycles. The van der Waals surface area contributed by atoms with Crippen molar-refractivity contribution >= 4 is 60.1 Å². The third kappa shape index (κ3) is 3.67. The quantitative estimate of drug-likeness (QED) is 0.196. The van der Waals surface area contributed by atoms with Crippen LogP contribution in [0.2, 0.25) is 0 Å². The van der Waals surface area contributed by atoms with E-state index in [1.54, 1.807) is 24.3 Å². The molecule has 1 N–H and O–H groups in total. The topological polar surface area (TPSA) is 70.5 Å². The Bertz CT molecular complexity index is 1440. The summed E-state index contributed by atoms with van der Waals surface area (Å²) in [6, 6.07) is 19.5. The van der Waals surface area contributed by atoms with Crippen LogP contribution in [0.25, 0.3) is 16.0 Å². The number of Topliss-reactive ketones (excluding diaryl/α,β-unsaturated/α-hetero) is 1. The maximum Gasteiger partial charge on any atom is 0.301 e. The first-order valence-electron chi connectivity index (χ1n) is 10.3. The van der Waals surface area contributed by atoms with Crippen molar-refractivity contribution in [1.29, 1.82) is 0 Å². The number of nitrogens with zero attached hydrogens (tertiary/aromatic N) is 2. The summed E-state index contributed by atoms with van der Waals surface area (Å²) in [5.74, 6) is -1.62. The average molecular weight is 519 g/mol. The molecule has 1 fully saturated rings. The predicted octanol–water partition coefficient (Wildman–Crippen LogP) is 6.30. The number of hydrogen-bond acceptors (Lipinski definition) is 5. The van der Waals surface area contributed by atoms with Crippen LogP contribution in [0.5, 0.6) is 0 Å². The van der Waals surface area contributed by atoms with Crippen LogP contribution < -0.4 is 4.90 Å². The van der Waals surface area contributed by atoms with E-state index in [9.17, 15) is 14.7 Å². The van der Waals surface area contributed by atoms with Gasteiger partial charge in [0.1, 0.15) is 5.76 Å². The summed E-state index contributed by atoms with van der Waals surface area (Å²) < 4.78 is 1.82. The van der Waals surface area contributed by atoms with Gasteiger partial charge in [-0.15, -0.1) is 0 Å². The van der Waals surface area contributed by atoms with Crippen LogP contribution in [-0.4, -0.2) is 21.8 Å². The standard InChI is InChI=1S/C26H19BrN2O3S/c1-14-12-15(2)21-19(13-14)33-26(28-21)29-22(16-8-10-18(27)11-9-16)20(24(31)25(29)32)23(30)17-6-4-3-5-7-17/h3-13,22,30H,1-2H3/b23-20+. The summed E-state index contributed by atoms with van der Waals surface area (Å²) in [5.41, 5.74) is 4.16. The molecule has 0 spiro atoms. The Morgan fingerprint density at radius 1 is 1.03 bits per heavy atom. The fraction of sp³-hybridized carbons (Fsp3) is 0.115. The van der Waals surface area contributed by atoms with E-state index in [-0.39, 0.29) is 11.3 Å². The monoisotopic (exact) mass is 518 g/mol. The molecule has 0 saturated carbocycles. The second kappa shape index (κ2) is 8.24. The zero-order valence-corrected chi connectivity index (χ0v) is 20.3. The van der Waals surface area contributed by atoms with Gasteiger partial charge >= 0.3 is 5.91 Å². The number of rotatable bonds is 3. The van der Waals surface area contributed by atoms with E-state index in [2.05, 4.69) is 15.9 Å². The molecule has 7 heteroatoms. The molecule has 1 aliphatic heterocycles. The Morgan fingerprint density at radius 2 is 1.73 bits per heavy atom. The minimum atomic E-state index is -0.791. The SMILES string of the molecule is Cc1cc(C)c2nc(N3C(=O)C(=O)/C(=C(/O)c4ccccc4)C3c3ccc(Br)cc3)sc2c1. The van der Waals surface area contributed by atoms with Crippen molar-refractivity contribution in [2.75, 3.05) is 4.90 Å². The number of aliphatic hydroxyl groups excluding tert-OH is 1. The maximum absolute atomic E-state index is 13.3. The molecule has 33 heavy (non-hydrogen) atoms. The number of aryl methyl sites for hydroxylation is 2. The molecule has 1 unspecified atom stereocenters. The molecule has 4 aromatic rings. The molecule has 1 aliphatic rings. The van der Waals surface area contributed by atoms with E-state index in [0.717, 1.165) is 25.8 Å². The van der Waals surface area contributed by atoms with E-state index in [1.165, 1.54) is 16.2 Å². The van der Waals surface area contributed by atoms with Gasteiger partial charge in [-0.25, -0.2) is 4.98 Å². The summed E-state index contributed by atoms with van der Waals surface area (Å²) in [7, 11) is 0. The van der Waals surface area contributed by atoms with Crippen molar-refractivity contribution < 1.29 is 14.7 Å². The number of thiazole rings is 1. The second-order valence-electron chi connectivity index (χ2n) is 8.01. The molecular formula is C26H19BrN2O3S. The number of fused-ring (bicyclic) bond motifs is 1. The van der Waals surface area contributed by atoms with Crippen molar-refractivity contribution in [3.05, 3.63) is 99.0 Å². The van der Waals surface area contributed by atoms with E-state index >= 15 is 0 Å². The molecule has 3 aromatic carbocycles. The van der Waals surface area contributed by atoms with Gasteiger partial charge in [0.2, 0.25) is 0 Å². The molecule has 2 heterocycles. The van der Waals surface area contributed by atoms with Crippen molar-refractivity contribution in [1.82, 2.24) is 4.98 Å². The van der Waals surface area contributed by atoms with Gasteiger partial charge < -0.3 is 5.11 Å². The van der Waals surface area contributed by atoms with Crippen molar-refractivity contribution in [2.24, 2.45) is 0 Å². The number of ketones is 1. The van der Waals surface area contributed by atoms with E-state index in [1.807, 2.05) is 56.3 Å². The second-order valence-corrected chi connectivity index (χ2v) is 9.94. The van der Waals surface area contributed by atoms with Gasteiger partial charge in [0.15, 0.2) is 5.13 Å². The Balaban J connectivity index is 1.75. The lowest BCUT2D eigenvalue weighted by Crippen LogP contribution is -2.29. The molecule has 164 valence electrons. The van der Waals surface area contributed by atoms with Gasteiger partial charge in [-0.3, -0.25) is 14.5 Å². The number of hydrogen-bond donors (Lipinski definition) is 1. The lowest BCUT2D eigenvalue weighted by Gasteiger charge is -2.23. The Morgan fingerprint density at radius 3 is 2.42 bits per heavy atom. The zero-order chi connectivity index (χ0) is 23.3. The highest BCUT2D eigenvalue weighted by atomic mass is 79.9. The number of carbonyl (C=O) groups excluding carboxylic acids is 2. The van der Waals surface area contributed by atoms with E-state index in [4.69, 9.17) is 4.98 Å². The summed E-state index contributed by atoms with van der Waals surface area (Å²) in [4.78, 5) is 32.7.